The highest BCUT2D eigenvalue weighted by molar-refractivity contribution is 7.10. The van der Waals surface area contributed by atoms with Crippen LogP contribution in [-0.2, 0) is 12.8 Å². The summed E-state index contributed by atoms with van der Waals surface area (Å²) >= 11 is 1.83. The van der Waals surface area contributed by atoms with Crippen LogP contribution in [0, 0.1) is 0 Å². The highest BCUT2D eigenvalue weighted by Gasteiger charge is 2.15. The largest absolute Gasteiger partial charge is 0.362 e. The van der Waals surface area contributed by atoms with Gasteiger partial charge in [-0.2, -0.15) is 0 Å². The molecule has 0 aromatic carbocycles. The molecule has 1 unspecified atom stereocenters. The van der Waals surface area contributed by atoms with Gasteiger partial charge in [-0.1, -0.05) is 25.5 Å². The molecule has 0 amide bonds. The van der Waals surface area contributed by atoms with Crippen LogP contribution in [0.2, 0.25) is 0 Å². The van der Waals surface area contributed by atoms with Crippen molar-refractivity contribution in [1.29, 1.82) is 0 Å². The Morgan fingerprint density at radius 1 is 1.32 bits per heavy atom. The van der Waals surface area contributed by atoms with Crippen molar-refractivity contribution in [1.82, 2.24) is 4.98 Å². The number of hydrogen-bond acceptors (Lipinski definition) is 3. The predicted octanol–water partition coefficient (Wildman–Crippen LogP) is 4.59. The van der Waals surface area contributed by atoms with Gasteiger partial charge < -0.3 is 5.32 Å². The highest BCUT2D eigenvalue weighted by atomic mass is 32.1. The maximum atomic E-state index is 4.78. The molecule has 2 nitrogen and oxygen atoms in total. The first-order chi connectivity index (χ1) is 9.36. The summed E-state index contributed by atoms with van der Waals surface area (Å²) in [5, 5.41) is 5.76. The third kappa shape index (κ3) is 2.81. The number of fused-ring (bicyclic) bond motifs is 1. The molecule has 1 atom stereocenters. The lowest BCUT2D eigenvalue weighted by Crippen LogP contribution is -2.10. The van der Waals surface area contributed by atoms with Gasteiger partial charge in [-0.15, -0.1) is 11.3 Å². The Hall–Kier alpha value is -1.35. The number of anilines is 1. The van der Waals surface area contributed by atoms with Gasteiger partial charge in [0.05, 0.1) is 6.04 Å². The summed E-state index contributed by atoms with van der Waals surface area (Å²) < 4.78 is 0. The summed E-state index contributed by atoms with van der Waals surface area (Å²) in [6.45, 7) is 2.23. The van der Waals surface area contributed by atoms with E-state index < -0.39 is 0 Å². The van der Waals surface area contributed by atoms with Gasteiger partial charge in [0.25, 0.3) is 0 Å². The van der Waals surface area contributed by atoms with E-state index in [0.717, 1.165) is 18.7 Å². The van der Waals surface area contributed by atoms with Gasteiger partial charge in [-0.3, -0.25) is 0 Å². The Bertz CT molecular complexity index is 534. The molecule has 0 saturated heterocycles. The first-order valence-corrected chi connectivity index (χ1v) is 8.03. The maximum absolute atomic E-state index is 4.78. The molecule has 1 N–H and O–H groups in total. The van der Waals surface area contributed by atoms with Gasteiger partial charge in [0.1, 0.15) is 5.82 Å². The minimum Gasteiger partial charge on any atom is -0.362 e. The zero-order chi connectivity index (χ0) is 13.1. The number of nitrogens with zero attached hydrogens (tertiary/aromatic N) is 1. The second-order valence-electron chi connectivity index (χ2n) is 5.16. The predicted molar refractivity (Wildman–Crippen MR) is 81.9 cm³/mol. The maximum Gasteiger partial charge on any atom is 0.126 e. The highest BCUT2D eigenvalue weighted by Crippen LogP contribution is 2.28. The SMILES string of the molecule is CCCC(Nc1ccc2c(n1)CCC2)c1cccs1. The van der Waals surface area contributed by atoms with Gasteiger partial charge in [-0.25, -0.2) is 4.98 Å². The Morgan fingerprint density at radius 3 is 3.05 bits per heavy atom. The lowest BCUT2D eigenvalue weighted by Gasteiger charge is -2.18. The molecule has 3 heteroatoms. The van der Waals surface area contributed by atoms with E-state index >= 15 is 0 Å². The minimum absolute atomic E-state index is 0.400. The molecule has 0 radical (unpaired) electrons. The smallest absolute Gasteiger partial charge is 0.126 e. The Morgan fingerprint density at radius 2 is 2.26 bits per heavy atom. The van der Waals surface area contributed by atoms with Crippen LogP contribution in [0.5, 0.6) is 0 Å². The molecule has 0 spiro atoms. The van der Waals surface area contributed by atoms with E-state index in [9.17, 15) is 0 Å². The van der Waals surface area contributed by atoms with Crippen molar-refractivity contribution in [3.63, 3.8) is 0 Å². The Balaban J connectivity index is 1.78. The van der Waals surface area contributed by atoms with Crippen LogP contribution < -0.4 is 5.32 Å². The molecule has 0 saturated carbocycles. The van der Waals surface area contributed by atoms with Crippen molar-refractivity contribution in [2.24, 2.45) is 0 Å². The van der Waals surface area contributed by atoms with Gasteiger partial charge in [0.2, 0.25) is 0 Å². The Labute approximate surface area is 118 Å². The molecule has 1 aliphatic carbocycles. The molecule has 0 aliphatic heterocycles. The van der Waals surface area contributed by atoms with Crippen molar-refractivity contribution in [2.45, 2.75) is 45.1 Å². The van der Waals surface area contributed by atoms with Gasteiger partial charge >= 0.3 is 0 Å². The third-order valence-electron chi connectivity index (χ3n) is 3.71. The molecule has 2 aromatic heterocycles. The molecule has 3 rings (SSSR count). The van der Waals surface area contributed by atoms with Gasteiger partial charge in [0, 0.05) is 10.6 Å². The quantitative estimate of drug-likeness (QED) is 0.861. The molecule has 19 heavy (non-hydrogen) atoms. The molecule has 0 bridgehead atoms. The number of nitrogens with one attached hydrogen (secondary N) is 1. The first kappa shape index (κ1) is 12.7. The zero-order valence-electron chi connectivity index (χ0n) is 11.4. The number of thiophene rings is 1. The van der Waals surface area contributed by atoms with E-state index in [1.54, 1.807) is 0 Å². The topological polar surface area (TPSA) is 24.9 Å². The lowest BCUT2D eigenvalue weighted by atomic mass is 10.1. The number of pyridine rings is 1. The van der Waals surface area contributed by atoms with Gasteiger partial charge in [-0.05, 0) is 48.8 Å². The van der Waals surface area contributed by atoms with Crippen LogP contribution in [0.25, 0.3) is 0 Å². The average molecular weight is 272 g/mol. The number of rotatable bonds is 5. The van der Waals surface area contributed by atoms with E-state index in [1.807, 2.05) is 11.3 Å². The molecular weight excluding hydrogens is 252 g/mol. The van der Waals surface area contributed by atoms with E-state index in [4.69, 9.17) is 4.98 Å². The van der Waals surface area contributed by atoms with Crippen molar-refractivity contribution in [3.8, 4) is 0 Å². The standard InChI is InChI=1S/C16H20N2S/c1-2-5-14(15-8-4-11-19-15)18-16-10-9-12-6-3-7-13(12)17-16/h4,8-11,14H,2-3,5-7H2,1H3,(H,17,18). The van der Waals surface area contributed by atoms with Crippen molar-refractivity contribution in [3.05, 3.63) is 45.8 Å². The number of hydrogen-bond donors (Lipinski definition) is 1. The normalized spacial score (nSPS) is 15.2. The molecule has 1 aliphatic rings. The second-order valence-corrected chi connectivity index (χ2v) is 6.14. The summed E-state index contributed by atoms with van der Waals surface area (Å²) in [6.07, 6.45) is 5.93. The molecule has 100 valence electrons. The van der Waals surface area contributed by atoms with Crippen molar-refractivity contribution in [2.75, 3.05) is 5.32 Å². The summed E-state index contributed by atoms with van der Waals surface area (Å²) in [5.74, 6) is 1.03. The lowest BCUT2D eigenvalue weighted by molar-refractivity contribution is 0.684. The van der Waals surface area contributed by atoms with Crippen LogP contribution in [0.4, 0.5) is 5.82 Å². The molecule has 2 aromatic rings. The third-order valence-corrected chi connectivity index (χ3v) is 4.70. The van der Waals surface area contributed by atoms with Crippen LogP contribution in [0.3, 0.4) is 0 Å². The number of aromatic nitrogens is 1. The van der Waals surface area contributed by atoms with Crippen molar-refractivity contribution < 1.29 is 0 Å². The average Bonchev–Trinajstić information content (AvgIpc) is 3.09. The summed E-state index contributed by atoms with van der Waals surface area (Å²) in [6, 6.07) is 9.12. The monoisotopic (exact) mass is 272 g/mol. The fourth-order valence-electron chi connectivity index (χ4n) is 2.74. The first-order valence-electron chi connectivity index (χ1n) is 7.15. The fourth-order valence-corrected chi connectivity index (χ4v) is 3.56. The number of aryl methyl sites for hydroxylation is 2. The second kappa shape index (κ2) is 5.74. The molecule has 0 fully saturated rings. The van der Waals surface area contributed by atoms with E-state index in [1.165, 1.54) is 35.4 Å². The van der Waals surface area contributed by atoms with Crippen molar-refractivity contribution >= 4 is 17.2 Å². The van der Waals surface area contributed by atoms with Crippen LogP contribution >= 0.6 is 11.3 Å². The summed E-state index contributed by atoms with van der Waals surface area (Å²) in [5.41, 5.74) is 2.74. The van der Waals surface area contributed by atoms with E-state index in [2.05, 4.69) is 41.9 Å². The van der Waals surface area contributed by atoms with E-state index in [-0.39, 0.29) is 0 Å². The fraction of sp³-hybridized carbons (Fsp3) is 0.438. The van der Waals surface area contributed by atoms with Crippen LogP contribution in [-0.4, -0.2) is 4.98 Å². The molecular formula is C16H20N2S. The van der Waals surface area contributed by atoms with Gasteiger partial charge in [0.15, 0.2) is 0 Å². The summed E-state index contributed by atoms with van der Waals surface area (Å²) in [7, 11) is 0. The van der Waals surface area contributed by atoms with Crippen LogP contribution in [0.1, 0.15) is 48.4 Å². The van der Waals surface area contributed by atoms with E-state index in [0.29, 0.717) is 6.04 Å². The zero-order valence-corrected chi connectivity index (χ0v) is 12.2. The molecule has 2 heterocycles. The van der Waals surface area contributed by atoms with Crippen LogP contribution in [0.15, 0.2) is 29.6 Å². The summed E-state index contributed by atoms with van der Waals surface area (Å²) in [4.78, 5) is 6.19. The minimum atomic E-state index is 0.400. The Kier molecular flexibility index (Phi) is 3.83.